The number of carbonyl (C=O) groups excluding carboxylic acids is 1. The Morgan fingerprint density at radius 2 is 2.05 bits per heavy atom. The van der Waals surface area contributed by atoms with Crippen molar-refractivity contribution < 1.29 is 14.7 Å². The number of hydrogen-bond donors (Lipinski definition) is 2. The first-order valence-corrected chi connectivity index (χ1v) is 6.51. The monoisotopic (exact) mass is 270 g/mol. The van der Waals surface area contributed by atoms with Crippen molar-refractivity contribution in [2.75, 3.05) is 5.32 Å². The normalized spacial score (nSPS) is 14.2. The lowest BCUT2D eigenvalue weighted by molar-refractivity contribution is -0.117. The Morgan fingerprint density at radius 3 is 2.70 bits per heavy atom. The number of aromatic carboxylic acids is 1. The maximum atomic E-state index is 11.9. The van der Waals surface area contributed by atoms with Crippen LogP contribution >= 0.6 is 0 Å². The number of pyridine rings is 1. The van der Waals surface area contributed by atoms with Crippen molar-refractivity contribution in [3.63, 3.8) is 0 Å². The second-order valence-electron chi connectivity index (χ2n) is 5.08. The van der Waals surface area contributed by atoms with Crippen LogP contribution in [0.2, 0.25) is 0 Å². The van der Waals surface area contributed by atoms with Gasteiger partial charge in [0.05, 0.1) is 0 Å². The van der Waals surface area contributed by atoms with Crippen LogP contribution in [0.15, 0.2) is 24.3 Å². The number of carboxylic acid groups (broad SMARTS) is 1. The van der Waals surface area contributed by atoms with Gasteiger partial charge in [0.2, 0.25) is 5.91 Å². The number of rotatable bonds is 3. The molecule has 0 spiro atoms. The Hall–Kier alpha value is -2.43. The van der Waals surface area contributed by atoms with Crippen molar-refractivity contribution >= 4 is 28.3 Å². The number of nitrogens with zero attached hydrogens (tertiary/aromatic N) is 1. The van der Waals surface area contributed by atoms with Gasteiger partial charge in [-0.05, 0) is 31.9 Å². The standard InChI is InChI=1S/C15H14N2O3/c1-8-7-11-10(13(16-8)15(19)20)3-2-4-12(11)17-14(18)9-5-6-9/h2-4,7,9H,5-6H2,1H3,(H,17,18)(H,19,20). The highest BCUT2D eigenvalue weighted by Gasteiger charge is 2.29. The Balaban J connectivity index is 2.13. The molecule has 102 valence electrons. The number of carboxylic acids is 1. The molecule has 1 heterocycles. The van der Waals surface area contributed by atoms with Gasteiger partial charge in [-0.25, -0.2) is 9.78 Å². The fraction of sp³-hybridized carbons (Fsp3) is 0.267. The number of nitrogens with one attached hydrogen (secondary N) is 1. The number of benzene rings is 1. The Morgan fingerprint density at radius 1 is 1.30 bits per heavy atom. The Kier molecular flexibility index (Phi) is 2.89. The first-order chi connectivity index (χ1) is 9.56. The van der Waals surface area contributed by atoms with E-state index in [4.69, 9.17) is 0 Å². The van der Waals surface area contributed by atoms with Gasteiger partial charge >= 0.3 is 5.97 Å². The van der Waals surface area contributed by atoms with E-state index < -0.39 is 5.97 Å². The molecule has 1 fully saturated rings. The zero-order valence-corrected chi connectivity index (χ0v) is 11.0. The van der Waals surface area contributed by atoms with E-state index in [2.05, 4.69) is 10.3 Å². The summed E-state index contributed by atoms with van der Waals surface area (Å²) >= 11 is 0. The van der Waals surface area contributed by atoms with E-state index in [-0.39, 0.29) is 17.5 Å². The number of amides is 1. The van der Waals surface area contributed by atoms with Gasteiger partial charge in [-0.15, -0.1) is 0 Å². The van der Waals surface area contributed by atoms with Crippen molar-refractivity contribution in [3.05, 3.63) is 35.7 Å². The highest BCUT2D eigenvalue weighted by molar-refractivity contribution is 6.09. The van der Waals surface area contributed by atoms with Gasteiger partial charge in [0, 0.05) is 28.1 Å². The number of carbonyl (C=O) groups is 2. The summed E-state index contributed by atoms with van der Waals surface area (Å²) in [5.74, 6) is -0.958. The largest absolute Gasteiger partial charge is 0.476 e. The number of anilines is 1. The molecule has 1 aromatic heterocycles. The molecule has 0 unspecified atom stereocenters. The molecule has 1 aliphatic carbocycles. The van der Waals surface area contributed by atoms with E-state index in [1.807, 2.05) is 0 Å². The molecule has 1 aliphatic rings. The predicted octanol–water partition coefficient (Wildman–Crippen LogP) is 2.59. The van der Waals surface area contributed by atoms with Crippen LogP contribution in [0, 0.1) is 12.8 Å². The van der Waals surface area contributed by atoms with E-state index in [1.54, 1.807) is 31.2 Å². The van der Waals surface area contributed by atoms with Gasteiger partial charge < -0.3 is 10.4 Å². The third-order valence-electron chi connectivity index (χ3n) is 3.41. The molecule has 5 nitrogen and oxygen atoms in total. The highest BCUT2D eigenvalue weighted by atomic mass is 16.4. The minimum Gasteiger partial charge on any atom is -0.476 e. The van der Waals surface area contributed by atoms with Gasteiger partial charge in [-0.3, -0.25) is 4.79 Å². The van der Waals surface area contributed by atoms with E-state index in [1.165, 1.54) is 0 Å². The number of aryl methyl sites for hydroxylation is 1. The third kappa shape index (κ3) is 2.22. The second kappa shape index (κ2) is 4.59. The Labute approximate surface area is 115 Å². The first-order valence-electron chi connectivity index (χ1n) is 6.51. The smallest absolute Gasteiger partial charge is 0.355 e. The number of fused-ring (bicyclic) bond motifs is 1. The molecule has 2 N–H and O–H groups in total. The minimum atomic E-state index is -1.07. The summed E-state index contributed by atoms with van der Waals surface area (Å²) in [4.78, 5) is 27.2. The van der Waals surface area contributed by atoms with Crippen LogP contribution in [-0.4, -0.2) is 22.0 Å². The fourth-order valence-corrected chi connectivity index (χ4v) is 2.26. The fourth-order valence-electron chi connectivity index (χ4n) is 2.26. The maximum absolute atomic E-state index is 11.9. The highest BCUT2D eigenvalue weighted by Crippen LogP contribution is 2.32. The van der Waals surface area contributed by atoms with Crippen LogP contribution < -0.4 is 5.32 Å². The SMILES string of the molecule is Cc1cc2c(NC(=O)C3CC3)cccc2c(C(=O)O)n1. The molecule has 0 saturated heterocycles. The van der Waals surface area contributed by atoms with E-state index in [0.29, 0.717) is 22.2 Å². The van der Waals surface area contributed by atoms with Crippen molar-refractivity contribution in [2.24, 2.45) is 5.92 Å². The van der Waals surface area contributed by atoms with Gasteiger partial charge in [0.1, 0.15) is 0 Å². The van der Waals surface area contributed by atoms with Crippen LogP contribution in [0.5, 0.6) is 0 Å². The van der Waals surface area contributed by atoms with Crippen LogP contribution in [0.4, 0.5) is 5.69 Å². The third-order valence-corrected chi connectivity index (χ3v) is 3.41. The van der Waals surface area contributed by atoms with E-state index in [0.717, 1.165) is 12.8 Å². The van der Waals surface area contributed by atoms with Crippen molar-refractivity contribution in [1.29, 1.82) is 0 Å². The second-order valence-corrected chi connectivity index (χ2v) is 5.08. The van der Waals surface area contributed by atoms with Crippen LogP contribution in [0.3, 0.4) is 0 Å². The average molecular weight is 270 g/mol. The molecule has 1 aromatic carbocycles. The first kappa shape index (κ1) is 12.6. The summed E-state index contributed by atoms with van der Waals surface area (Å²) in [6.45, 7) is 1.74. The summed E-state index contributed by atoms with van der Waals surface area (Å²) in [6, 6.07) is 7.02. The van der Waals surface area contributed by atoms with Gasteiger partial charge in [0.15, 0.2) is 5.69 Å². The van der Waals surface area contributed by atoms with Crippen molar-refractivity contribution in [2.45, 2.75) is 19.8 Å². The number of hydrogen-bond acceptors (Lipinski definition) is 3. The molecular weight excluding hydrogens is 256 g/mol. The predicted molar refractivity (Wildman–Crippen MR) is 74.8 cm³/mol. The van der Waals surface area contributed by atoms with Gasteiger partial charge in [0.25, 0.3) is 0 Å². The quantitative estimate of drug-likeness (QED) is 0.898. The number of aromatic nitrogens is 1. The zero-order valence-electron chi connectivity index (χ0n) is 11.0. The zero-order chi connectivity index (χ0) is 14.3. The minimum absolute atomic E-state index is 0.00356. The molecule has 0 bridgehead atoms. The molecule has 0 radical (unpaired) electrons. The molecule has 5 heteroatoms. The van der Waals surface area contributed by atoms with Gasteiger partial charge in [-0.2, -0.15) is 0 Å². The lowest BCUT2D eigenvalue weighted by Gasteiger charge is -2.10. The van der Waals surface area contributed by atoms with E-state index >= 15 is 0 Å². The summed E-state index contributed by atoms with van der Waals surface area (Å²) in [5.41, 5.74) is 1.28. The lowest BCUT2D eigenvalue weighted by Crippen LogP contribution is -2.14. The molecule has 1 saturated carbocycles. The summed E-state index contributed by atoms with van der Waals surface area (Å²) in [5, 5.41) is 13.4. The summed E-state index contributed by atoms with van der Waals surface area (Å²) in [6.07, 6.45) is 1.86. The van der Waals surface area contributed by atoms with Crippen LogP contribution in [0.1, 0.15) is 29.0 Å². The average Bonchev–Trinajstić information content (AvgIpc) is 3.22. The summed E-state index contributed by atoms with van der Waals surface area (Å²) in [7, 11) is 0. The molecule has 0 aliphatic heterocycles. The molecule has 3 rings (SSSR count). The summed E-state index contributed by atoms with van der Waals surface area (Å²) < 4.78 is 0. The molecule has 1 amide bonds. The van der Waals surface area contributed by atoms with Crippen molar-refractivity contribution in [3.8, 4) is 0 Å². The van der Waals surface area contributed by atoms with Gasteiger partial charge in [-0.1, -0.05) is 12.1 Å². The van der Waals surface area contributed by atoms with Crippen LogP contribution in [-0.2, 0) is 4.79 Å². The maximum Gasteiger partial charge on any atom is 0.355 e. The molecule has 20 heavy (non-hydrogen) atoms. The molecular formula is C15H14N2O3. The lowest BCUT2D eigenvalue weighted by atomic mass is 10.1. The molecule has 2 aromatic rings. The topological polar surface area (TPSA) is 79.3 Å². The van der Waals surface area contributed by atoms with E-state index in [9.17, 15) is 14.7 Å². The van der Waals surface area contributed by atoms with Crippen molar-refractivity contribution in [1.82, 2.24) is 4.98 Å². The molecule has 0 atom stereocenters. The Bertz CT molecular complexity index is 720. The van der Waals surface area contributed by atoms with Crippen LogP contribution in [0.25, 0.3) is 10.8 Å².